The summed E-state index contributed by atoms with van der Waals surface area (Å²) < 4.78 is 0. The highest BCUT2D eigenvalue weighted by atomic mass is 32.1. The Labute approximate surface area is 71.8 Å². The number of carboxylic acids is 1. The first-order chi connectivity index (χ1) is 5.61. The van der Waals surface area contributed by atoms with E-state index in [-0.39, 0.29) is 10.6 Å². The summed E-state index contributed by atoms with van der Waals surface area (Å²) in [6, 6.07) is 0.717. The number of anilines is 1. The second kappa shape index (κ2) is 3.22. The minimum atomic E-state index is -1.08. The molecule has 0 aliphatic heterocycles. The predicted octanol–water partition coefficient (Wildman–Crippen LogP) is 0.937. The molecule has 1 heterocycles. The van der Waals surface area contributed by atoms with E-state index in [1.165, 1.54) is 6.07 Å². The second-order valence-electron chi connectivity index (χ2n) is 1.96. The standard InChI is InChI=1S/C6H6N2O3S/c7-6(11)8-3-1-2-12-4(3)5(9)10/h1-2H,(H,9,10)(H3,7,8,11). The number of hydrogen-bond donors (Lipinski definition) is 3. The van der Waals surface area contributed by atoms with Crippen molar-refractivity contribution in [3.63, 3.8) is 0 Å². The Balaban J connectivity index is 2.91. The Bertz CT molecular complexity index is 320. The number of amides is 2. The fourth-order valence-electron chi connectivity index (χ4n) is 0.706. The van der Waals surface area contributed by atoms with Crippen LogP contribution in [0.25, 0.3) is 0 Å². The van der Waals surface area contributed by atoms with Crippen LogP contribution in [0.2, 0.25) is 0 Å². The van der Waals surface area contributed by atoms with Crippen molar-refractivity contribution in [2.45, 2.75) is 0 Å². The van der Waals surface area contributed by atoms with Gasteiger partial charge in [0.1, 0.15) is 4.88 Å². The number of carbonyl (C=O) groups excluding carboxylic acids is 1. The lowest BCUT2D eigenvalue weighted by atomic mass is 10.4. The molecule has 64 valence electrons. The van der Waals surface area contributed by atoms with Gasteiger partial charge in [-0.05, 0) is 11.4 Å². The van der Waals surface area contributed by atoms with E-state index in [1.54, 1.807) is 5.38 Å². The number of thiophene rings is 1. The number of nitrogens with two attached hydrogens (primary N) is 1. The van der Waals surface area contributed by atoms with Crippen LogP contribution in [-0.4, -0.2) is 17.1 Å². The van der Waals surface area contributed by atoms with E-state index in [9.17, 15) is 9.59 Å². The Morgan fingerprint density at radius 1 is 1.58 bits per heavy atom. The van der Waals surface area contributed by atoms with Crippen molar-refractivity contribution in [1.82, 2.24) is 0 Å². The summed E-state index contributed by atoms with van der Waals surface area (Å²) in [5, 5.41) is 12.4. The monoisotopic (exact) mass is 186 g/mol. The van der Waals surface area contributed by atoms with Gasteiger partial charge in [0.05, 0.1) is 5.69 Å². The molecule has 0 spiro atoms. The molecule has 0 unspecified atom stereocenters. The van der Waals surface area contributed by atoms with Crippen molar-refractivity contribution in [1.29, 1.82) is 0 Å². The second-order valence-corrected chi connectivity index (χ2v) is 2.87. The summed E-state index contributed by atoms with van der Waals surface area (Å²) in [5.74, 6) is -1.08. The Morgan fingerprint density at radius 3 is 2.75 bits per heavy atom. The molecule has 6 heteroatoms. The molecule has 5 nitrogen and oxygen atoms in total. The van der Waals surface area contributed by atoms with E-state index >= 15 is 0 Å². The maximum absolute atomic E-state index is 10.5. The number of hydrogen-bond acceptors (Lipinski definition) is 3. The normalized spacial score (nSPS) is 9.33. The molecule has 0 aliphatic carbocycles. The van der Waals surface area contributed by atoms with Gasteiger partial charge in [0.25, 0.3) is 0 Å². The van der Waals surface area contributed by atoms with Crippen LogP contribution in [0.15, 0.2) is 11.4 Å². The van der Waals surface area contributed by atoms with Gasteiger partial charge >= 0.3 is 12.0 Å². The van der Waals surface area contributed by atoms with Gasteiger partial charge in [0, 0.05) is 0 Å². The summed E-state index contributed by atoms with van der Waals surface area (Å²) in [6.45, 7) is 0. The smallest absolute Gasteiger partial charge is 0.348 e. The van der Waals surface area contributed by atoms with Crippen molar-refractivity contribution in [3.8, 4) is 0 Å². The van der Waals surface area contributed by atoms with Crippen molar-refractivity contribution >= 4 is 29.0 Å². The largest absolute Gasteiger partial charge is 0.477 e. The Hall–Kier alpha value is -1.56. The maximum atomic E-state index is 10.5. The fourth-order valence-corrected chi connectivity index (χ4v) is 1.39. The number of primary amides is 1. The van der Waals surface area contributed by atoms with Crippen LogP contribution >= 0.6 is 11.3 Å². The van der Waals surface area contributed by atoms with E-state index in [4.69, 9.17) is 10.8 Å². The zero-order chi connectivity index (χ0) is 9.14. The lowest BCUT2D eigenvalue weighted by Gasteiger charge is -1.98. The predicted molar refractivity (Wildman–Crippen MR) is 44.5 cm³/mol. The summed E-state index contributed by atoms with van der Waals surface area (Å²) in [4.78, 5) is 20.9. The quantitative estimate of drug-likeness (QED) is 0.641. The first kappa shape index (κ1) is 8.54. The van der Waals surface area contributed by atoms with E-state index < -0.39 is 12.0 Å². The topological polar surface area (TPSA) is 92.4 Å². The van der Waals surface area contributed by atoms with Gasteiger partial charge in [0.15, 0.2) is 0 Å². The van der Waals surface area contributed by atoms with Crippen molar-refractivity contribution in [3.05, 3.63) is 16.3 Å². The van der Waals surface area contributed by atoms with Crippen molar-refractivity contribution < 1.29 is 14.7 Å². The van der Waals surface area contributed by atoms with Crippen LogP contribution in [0.1, 0.15) is 9.67 Å². The highest BCUT2D eigenvalue weighted by Crippen LogP contribution is 2.21. The molecular weight excluding hydrogens is 180 g/mol. The lowest BCUT2D eigenvalue weighted by molar-refractivity contribution is 0.0703. The number of aromatic carboxylic acids is 1. The molecule has 2 amide bonds. The Kier molecular flexibility index (Phi) is 2.29. The molecule has 0 aromatic carbocycles. The van der Waals surface area contributed by atoms with E-state index in [2.05, 4.69) is 5.32 Å². The molecule has 0 saturated heterocycles. The van der Waals surface area contributed by atoms with Crippen LogP contribution in [0, 0.1) is 0 Å². The van der Waals surface area contributed by atoms with E-state index in [1.807, 2.05) is 0 Å². The molecule has 0 bridgehead atoms. The molecule has 0 atom stereocenters. The average molecular weight is 186 g/mol. The molecule has 1 rings (SSSR count). The summed E-state index contributed by atoms with van der Waals surface area (Å²) in [6.07, 6.45) is 0. The van der Waals surface area contributed by atoms with Gasteiger partial charge in [-0.3, -0.25) is 0 Å². The van der Waals surface area contributed by atoms with Crippen molar-refractivity contribution in [2.75, 3.05) is 5.32 Å². The maximum Gasteiger partial charge on any atom is 0.348 e. The molecule has 0 aliphatic rings. The first-order valence-electron chi connectivity index (χ1n) is 2.98. The Morgan fingerprint density at radius 2 is 2.25 bits per heavy atom. The highest BCUT2D eigenvalue weighted by Gasteiger charge is 2.11. The third-order valence-electron chi connectivity index (χ3n) is 1.12. The summed E-state index contributed by atoms with van der Waals surface area (Å²) in [7, 11) is 0. The van der Waals surface area contributed by atoms with E-state index in [0.717, 1.165) is 11.3 Å². The summed E-state index contributed by atoms with van der Waals surface area (Å²) >= 11 is 1.03. The van der Waals surface area contributed by atoms with Gasteiger partial charge in [-0.15, -0.1) is 11.3 Å². The average Bonchev–Trinajstić information content (AvgIpc) is 2.33. The third kappa shape index (κ3) is 1.73. The van der Waals surface area contributed by atoms with Gasteiger partial charge in [-0.2, -0.15) is 0 Å². The van der Waals surface area contributed by atoms with Crippen LogP contribution < -0.4 is 11.1 Å². The van der Waals surface area contributed by atoms with Gasteiger partial charge in [-0.1, -0.05) is 0 Å². The molecule has 0 fully saturated rings. The number of rotatable bonds is 2. The molecule has 1 aromatic rings. The third-order valence-corrected chi connectivity index (χ3v) is 2.02. The highest BCUT2D eigenvalue weighted by molar-refractivity contribution is 7.12. The zero-order valence-electron chi connectivity index (χ0n) is 5.90. The zero-order valence-corrected chi connectivity index (χ0v) is 6.72. The number of carbonyl (C=O) groups is 2. The minimum Gasteiger partial charge on any atom is -0.477 e. The molecule has 1 aromatic heterocycles. The van der Waals surface area contributed by atoms with Gasteiger partial charge in [0.2, 0.25) is 0 Å². The number of carboxylic acid groups (broad SMARTS) is 1. The SMILES string of the molecule is NC(=O)Nc1ccsc1C(=O)O. The minimum absolute atomic E-state index is 0.0776. The molecule has 0 radical (unpaired) electrons. The molecule has 0 saturated carbocycles. The van der Waals surface area contributed by atoms with Crippen LogP contribution in [0.4, 0.5) is 10.5 Å². The van der Waals surface area contributed by atoms with Gasteiger partial charge in [-0.25, -0.2) is 9.59 Å². The van der Waals surface area contributed by atoms with E-state index in [0.29, 0.717) is 0 Å². The van der Waals surface area contributed by atoms with Crippen molar-refractivity contribution in [2.24, 2.45) is 5.73 Å². The molecule has 4 N–H and O–H groups in total. The fraction of sp³-hybridized carbons (Fsp3) is 0. The van der Waals surface area contributed by atoms with Crippen LogP contribution in [-0.2, 0) is 0 Å². The van der Waals surface area contributed by atoms with Gasteiger partial charge < -0.3 is 16.2 Å². The summed E-state index contributed by atoms with van der Waals surface area (Å²) in [5.41, 5.74) is 5.05. The number of urea groups is 1. The molecule has 12 heavy (non-hydrogen) atoms. The lowest BCUT2D eigenvalue weighted by Crippen LogP contribution is -2.20. The van der Waals surface area contributed by atoms with Crippen LogP contribution in [0.3, 0.4) is 0 Å². The number of nitrogens with one attached hydrogen (secondary N) is 1. The first-order valence-corrected chi connectivity index (χ1v) is 3.86. The van der Waals surface area contributed by atoms with Crippen LogP contribution in [0.5, 0.6) is 0 Å². The molecular formula is C6H6N2O3S.